The molecule has 22 heavy (non-hydrogen) atoms. The molecule has 0 heterocycles. The first-order chi connectivity index (χ1) is 10.6. The van der Waals surface area contributed by atoms with Gasteiger partial charge in [0.2, 0.25) is 0 Å². The van der Waals surface area contributed by atoms with Gasteiger partial charge in [-0.15, -0.1) is 0 Å². The number of benzene rings is 1. The number of nitrogens with zero attached hydrogens (tertiary/aromatic N) is 1. The monoisotopic (exact) mass is 326 g/mol. The lowest BCUT2D eigenvalue weighted by atomic mass is 10.2. The summed E-state index contributed by atoms with van der Waals surface area (Å²) < 4.78 is 5.13. The third kappa shape index (κ3) is 6.36. The van der Waals surface area contributed by atoms with E-state index in [1.54, 1.807) is 11.8 Å². The number of hydrogen-bond donors (Lipinski definition) is 1. The maximum absolute atomic E-state index is 12.1. The van der Waals surface area contributed by atoms with E-state index in [1.807, 2.05) is 36.6 Å². The van der Waals surface area contributed by atoms with Gasteiger partial charge in [-0.2, -0.15) is 11.8 Å². The van der Waals surface area contributed by atoms with E-state index < -0.39 is 12.1 Å². The van der Waals surface area contributed by atoms with Crippen molar-refractivity contribution < 1.29 is 19.2 Å². The molecule has 0 fully saturated rings. The summed E-state index contributed by atoms with van der Waals surface area (Å²) in [5, 5.41) is 3.69. The van der Waals surface area contributed by atoms with Gasteiger partial charge in [0.15, 0.2) is 0 Å². The molecule has 0 aliphatic rings. The zero-order chi connectivity index (χ0) is 16.4. The summed E-state index contributed by atoms with van der Waals surface area (Å²) in [6, 6.07) is 8.69. The van der Waals surface area contributed by atoms with E-state index in [0.29, 0.717) is 6.42 Å². The molecule has 0 radical (unpaired) electrons. The number of carbonyl (C=O) groups is 2. The molecule has 0 spiro atoms. The lowest BCUT2D eigenvalue weighted by molar-refractivity contribution is -0.170. The molecular weight excluding hydrogens is 304 g/mol. The number of likely N-dealkylation sites (N-methyl/N-ethyl adjacent to an activating group) is 1. The van der Waals surface area contributed by atoms with Crippen LogP contribution in [0.3, 0.4) is 0 Å². The predicted molar refractivity (Wildman–Crippen MR) is 86.3 cm³/mol. The molecule has 2 amide bonds. The Balaban J connectivity index is 2.52. The van der Waals surface area contributed by atoms with E-state index in [4.69, 9.17) is 9.57 Å². The number of nitrogens with one attached hydrogen (secondary N) is 1. The van der Waals surface area contributed by atoms with Gasteiger partial charge in [0, 0.05) is 7.05 Å². The third-order valence-corrected chi connectivity index (χ3v) is 3.64. The standard InChI is InChI=1S/C15H22N2O4S/c1-17(20-2)14(18)13(9-10-22-3)16-15(19)21-11-12-7-5-4-6-8-12/h4-8,13H,9-11H2,1-3H3,(H,16,19)/t13-/m0/s1. The number of alkyl carbamates (subject to hydrolysis) is 1. The van der Waals surface area contributed by atoms with Gasteiger partial charge in [0.05, 0.1) is 7.11 Å². The molecule has 0 saturated heterocycles. The normalized spacial score (nSPS) is 11.6. The molecule has 1 N–H and O–H groups in total. The topological polar surface area (TPSA) is 67.9 Å². The fraction of sp³-hybridized carbons (Fsp3) is 0.467. The van der Waals surface area contributed by atoms with Crippen LogP contribution in [-0.2, 0) is 21.0 Å². The zero-order valence-electron chi connectivity index (χ0n) is 13.1. The second kappa shape index (κ2) is 10.1. The van der Waals surface area contributed by atoms with Crippen molar-refractivity contribution in [2.45, 2.75) is 19.1 Å². The van der Waals surface area contributed by atoms with Gasteiger partial charge in [0.1, 0.15) is 12.6 Å². The van der Waals surface area contributed by atoms with E-state index >= 15 is 0 Å². The van der Waals surface area contributed by atoms with Gasteiger partial charge in [-0.05, 0) is 24.0 Å². The summed E-state index contributed by atoms with van der Waals surface area (Å²) in [6.45, 7) is 0.163. The second-order valence-corrected chi connectivity index (χ2v) is 5.54. The van der Waals surface area contributed by atoms with Crippen LogP contribution >= 0.6 is 11.8 Å². The summed E-state index contributed by atoms with van der Waals surface area (Å²) in [5.41, 5.74) is 0.888. The highest BCUT2D eigenvalue weighted by molar-refractivity contribution is 7.98. The van der Waals surface area contributed by atoms with Crippen LogP contribution in [0.5, 0.6) is 0 Å². The van der Waals surface area contributed by atoms with Gasteiger partial charge in [-0.25, -0.2) is 9.86 Å². The molecule has 0 aromatic heterocycles. The Kier molecular flexibility index (Phi) is 8.39. The van der Waals surface area contributed by atoms with Crippen molar-refractivity contribution in [2.24, 2.45) is 0 Å². The molecule has 0 saturated carbocycles. The highest BCUT2D eigenvalue weighted by Gasteiger charge is 2.24. The van der Waals surface area contributed by atoms with Gasteiger partial charge >= 0.3 is 6.09 Å². The Morgan fingerprint density at radius 3 is 2.59 bits per heavy atom. The summed E-state index contributed by atoms with van der Waals surface area (Å²) in [4.78, 5) is 28.8. The Morgan fingerprint density at radius 2 is 2.00 bits per heavy atom. The van der Waals surface area contributed by atoms with Crippen molar-refractivity contribution in [3.63, 3.8) is 0 Å². The molecular formula is C15H22N2O4S. The van der Waals surface area contributed by atoms with E-state index in [2.05, 4.69) is 5.32 Å². The Morgan fingerprint density at radius 1 is 1.32 bits per heavy atom. The number of hydroxylamine groups is 2. The molecule has 1 aromatic rings. The molecule has 7 heteroatoms. The summed E-state index contributed by atoms with van der Waals surface area (Å²) in [5.74, 6) is 0.431. The molecule has 0 bridgehead atoms. The van der Waals surface area contributed by atoms with Crippen molar-refractivity contribution >= 4 is 23.8 Å². The Hall–Kier alpha value is -1.73. The van der Waals surface area contributed by atoms with Crippen molar-refractivity contribution in [3.8, 4) is 0 Å². The van der Waals surface area contributed by atoms with Crippen molar-refractivity contribution in [1.29, 1.82) is 0 Å². The maximum Gasteiger partial charge on any atom is 0.408 e. The van der Waals surface area contributed by atoms with Crippen LogP contribution in [0.15, 0.2) is 30.3 Å². The minimum Gasteiger partial charge on any atom is -0.445 e. The summed E-state index contributed by atoms with van der Waals surface area (Å²) >= 11 is 1.60. The van der Waals surface area contributed by atoms with Crippen molar-refractivity contribution in [2.75, 3.05) is 26.2 Å². The first-order valence-electron chi connectivity index (χ1n) is 6.86. The van der Waals surface area contributed by atoms with Crippen LogP contribution in [0.1, 0.15) is 12.0 Å². The SMILES string of the molecule is CON(C)C(=O)[C@H](CCSC)NC(=O)OCc1ccccc1. The van der Waals surface area contributed by atoms with Crippen LogP contribution in [-0.4, -0.2) is 49.3 Å². The first-order valence-corrected chi connectivity index (χ1v) is 8.25. The van der Waals surface area contributed by atoms with Gasteiger partial charge in [-0.1, -0.05) is 30.3 Å². The minimum atomic E-state index is -0.666. The molecule has 0 aliphatic carbocycles. The molecule has 1 rings (SSSR count). The number of carbonyl (C=O) groups excluding carboxylic acids is 2. The van der Waals surface area contributed by atoms with E-state index in [-0.39, 0.29) is 12.5 Å². The zero-order valence-corrected chi connectivity index (χ0v) is 13.9. The van der Waals surface area contributed by atoms with Crippen LogP contribution in [0.25, 0.3) is 0 Å². The minimum absolute atomic E-state index is 0.163. The fourth-order valence-electron chi connectivity index (χ4n) is 1.71. The Bertz CT molecular complexity index is 470. The van der Waals surface area contributed by atoms with Crippen LogP contribution < -0.4 is 5.32 Å². The van der Waals surface area contributed by atoms with Crippen molar-refractivity contribution in [3.05, 3.63) is 35.9 Å². The van der Waals surface area contributed by atoms with Crippen LogP contribution in [0, 0.1) is 0 Å². The average Bonchev–Trinajstić information content (AvgIpc) is 2.56. The van der Waals surface area contributed by atoms with Gasteiger partial charge in [0.25, 0.3) is 5.91 Å². The molecule has 0 unspecified atom stereocenters. The number of hydrogen-bond acceptors (Lipinski definition) is 5. The molecule has 6 nitrogen and oxygen atoms in total. The molecule has 1 atom stereocenters. The number of amides is 2. The van der Waals surface area contributed by atoms with E-state index in [9.17, 15) is 9.59 Å². The lowest BCUT2D eigenvalue weighted by Crippen LogP contribution is -2.47. The van der Waals surface area contributed by atoms with Crippen LogP contribution in [0.4, 0.5) is 4.79 Å². The molecule has 122 valence electrons. The predicted octanol–water partition coefficient (Wildman–Crippen LogP) is 2.05. The number of ether oxygens (including phenoxy) is 1. The number of rotatable bonds is 8. The van der Waals surface area contributed by atoms with Gasteiger partial charge < -0.3 is 10.1 Å². The van der Waals surface area contributed by atoms with Gasteiger partial charge in [-0.3, -0.25) is 9.63 Å². The lowest BCUT2D eigenvalue weighted by Gasteiger charge is -2.22. The first kappa shape index (κ1) is 18.3. The largest absolute Gasteiger partial charge is 0.445 e. The summed E-state index contributed by atoms with van der Waals surface area (Å²) in [7, 11) is 2.91. The quantitative estimate of drug-likeness (QED) is 0.741. The fourth-order valence-corrected chi connectivity index (χ4v) is 2.18. The highest BCUT2D eigenvalue weighted by Crippen LogP contribution is 2.06. The number of thioether (sulfide) groups is 1. The van der Waals surface area contributed by atoms with Crippen molar-refractivity contribution in [1.82, 2.24) is 10.4 Å². The van der Waals surface area contributed by atoms with E-state index in [1.165, 1.54) is 14.2 Å². The Labute approximate surface area is 135 Å². The smallest absolute Gasteiger partial charge is 0.408 e. The highest BCUT2D eigenvalue weighted by atomic mass is 32.2. The van der Waals surface area contributed by atoms with E-state index in [0.717, 1.165) is 16.4 Å². The maximum atomic E-state index is 12.1. The third-order valence-electron chi connectivity index (χ3n) is 3.00. The summed E-state index contributed by atoms with van der Waals surface area (Å²) in [6.07, 6.45) is 1.83. The molecule has 0 aliphatic heterocycles. The average molecular weight is 326 g/mol. The van der Waals surface area contributed by atoms with Crippen LogP contribution in [0.2, 0.25) is 0 Å². The molecule has 1 aromatic carbocycles. The second-order valence-electron chi connectivity index (χ2n) is 4.56.